The second-order valence-electron chi connectivity index (χ2n) is 10.7. The molecule has 0 aliphatic heterocycles. The third-order valence-corrected chi connectivity index (χ3v) is 7.74. The van der Waals surface area contributed by atoms with E-state index in [0.29, 0.717) is 42.3 Å². The highest BCUT2D eigenvalue weighted by atomic mass is 16.1. The van der Waals surface area contributed by atoms with Crippen LogP contribution in [0.15, 0.2) is 24.3 Å². The summed E-state index contributed by atoms with van der Waals surface area (Å²) in [6.45, 7) is 8.29. The van der Waals surface area contributed by atoms with Gasteiger partial charge in [0.25, 0.3) is 0 Å². The first-order chi connectivity index (χ1) is 13.2. The summed E-state index contributed by atoms with van der Waals surface area (Å²) in [7, 11) is 0. The van der Waals surface area contributed by atoms with Crippen LogP contribution in [0.4, 0.5) is 0 Å². The van der Waals surface area contributed by atoms with Crippen molar-refractivity contribution >= 4 is 11.7 Å². The molecule has 0 aromatic heterocycles. The summed E-state index contributed by atoms with van der Waals surface area (Å²) >= 11 is 0. The molecular weight excluding hydrogens is 346 g/mol. The third-order valence-electron chi connectivity index (χ3n) is 7.74. The van der Waals surface area contributed by atoms with Crippen molar-refractivity contribution in [1.29, 1.82) is 0 Å². The highest BCUT2D eigenvalue weighted by molar-refractivity contribution is 5.88. The predicted octanol–water partition coefficient (Wildman–Crippen LogP) is 5.03. The standard InChI is InChI=1S/C25H35NO2/c1-24(2,3)26-22(28)12-10-17-15-21(27)25(4)14-13-19-18-8-6-5-7-16(18)9-11-20(19)23(17)25/h5-8,17,19-20,23H,9-15H2,1-4H3,(H,26,28)/t17-,19?,20?,23?,25-/m1/s1. The fourth-order valence-electron chi connectivity index (χ4n) is 6.64. The van der Waals surface area contributed by atoms with Crippen molar-refractivity contribution in [1.82, 2.24) is 5.32 Å². The Balaban J connectivity index is 1.54. The van der Waals surface area contributed by atoms with E-state index in [1.54, 1.807) is 0 Å². The normalized spacial score (nSPS) is 34.4. The molecule has 3 unspecified atom stereocenters. The van der Waals surface area contributed by atoms with Gasteiger partial charge in [-0.25, -0.2) is 0 Å². The van der Waals surface area contributed by atoms with Gasteiger partial charge in [-0.3, -0.25) is 9.59 Å². The molecule has 3 aliphatic rings. The number of ketones is 1. The maximum absolute atomic E-state index is 13.0. The minimum Gasteiger partial charge on any atom is -0.352 e. The molecule has 0 radical (unpaired) electrons. The number of hydrogen-bond acceptors (Lipinski definition) is 2. The molecule has 3 aliphatic carbocycles. The molecule has 5 atom stereocenters. The highest BCUT2D eigenvalue weighted by Crippen LogP contribution is 2.62. The van der Waals surface area contributed by atoms with E-state index >= 15 is 0 Å². The number of carbonyl (C=O) groups excluding carboxylic acids is 2. The topological polar surface area (TPSA) is 46.2 Å². The lowest BCUT2D eigenvalue weighted by Crippen LogP contribution is -2.44. The largest absolute Gasteiger partial charge is 0.352 e. The van der Waals surface area contributed by atoms with Crippen LogP contribution in [0.25, 0.3) is 0 Å². The van der Waals surface area contributed by atoms with Gasteiger partial charge in [0.2, 0.25) is 5.91 Å². The zero-order valence-corrected chi connectivity index (χ0v) is 17.9. The van der Waals surface area contributed by atoms with Gasteiger partial charge in [-0.05, 0) is 87.7 Å². The second kappa shape index (κ2) is 7.00. The molecule has 3 nitrogen and oxygen atoms in total. The van der Waals surface area contributed by atoms with Gasteiger partial charge >= 0.3 is 0 Å². The molecule has 1 N–H and O–H groups in total. The molecule has 1 amide bonds. The van der Waals surface area contributed by atoms with Gasteiger partial charge in [-0.2, -0.15) is 0 Å². The van der Waals surface area contributed by atoms with Gasteiger partial charge in [0.05, 0.1) is 0 Å². The number of carbonyl (C=O) groups is 2. The predicted molar refractivity (Wildman–Crippen MR) is 112 cm³/mol. The van der Waals surface area contributed by atoms with E-state index in [-0.39, 0.29) is 16.9 Å². The molecule has 1 aromatic carbocycles. The SMILES string of the molecule is CC(C)(C)NC(=O)CC[C@@H]1CC(=O)[C@@]2(C)CCC3c4ccccc4CCC3C12. The van der Waals surface area contributed by atoms with Gasteiger partial charge in [0, 0.05) is 23.8 Å². The monoisotopic (exact) mass is 381 g/mol. The van der Waals surface area contributed by atoms with Gasteiger partial charge in [0.15, 0.2) is 0 Å². The number of rotatable bonds is 3. The lowest BCUT2D eigenvalue weighted by molar-refractivity contribution is -0.129. The molecule has 0 bridgehead atoms. The molecule has 2 fully saturated rings. The zero-order chi connectivity index (χ0) is 20.1. The smallest absolute Gasteiger partial charge is 0.220 e. The van der Waals surface area contributed by atoms with Crippen molar-refractivity contribution in [2.75, 3.05) is 0 Å². The molecule has 0 spiro atoms. The Labute approximate surface area is 169 Å². The van der Waals surface area contributed by atoms with Crippen LogP contribution < -0.4 is 5.32 Å². The summed E-state index contributed by atoms with van der Waals surface area (Å²) in [6.07, 6.45) is 6.53. The zero-order valence-electron chi connectivity index (χ0n) is 17.9. The van der Waals surface area contributed by atoms with Crippen molar-refractivity contribution < 1.29 is 9.59 Å². The Bertz CT molecular complexity index is 777. The molecule has 1 aromatic rings. The molecule has 2 saturated carbocycles. The van der Waals surface area contributed by atoms with Gasteiger partial charge in [-0.15, -0.1) is 0 Å². The Morgan fingerprint density at radius 3 is 2.71 bits per heavy atom. The fraction of sp³-hybridized carbons (Fsp3) is 0.680. The van der Waals surface area contributed by atoms with Crippen LogP contribution in [0, 0.1) is 23.2 Å². The van der Waals surface area contributed by atoms with Crippen molar-refractivity contribution in [3.8, 4) is 0 Å². The maximum atomic E-state index is 13.0. The summed E-state index contributed by atoms with van der Waals surface area (Å²) in [5, 5.41) is 3.08. The molecule has 152 valence electrons. The van der Waals surface area contributed by atoms with Crippen molar-refractivity contribution in [2.45, 2.75) is 84.1 Å². The molecule has 0 saturated heterocycles. The lowest BCUT2D eigenvalue weighted by atomic mass is 9.54. The molecule has 0 heterocycles. The second-order valence-corrected chi connectivity index (χ2v) is 10.7. The van der Waals surface area contributed by atoms with Gasteiger partial charge in [-0.1, -0.05) is 31.2 Å². The third kappa shape index (κ3) is 3.42. The van der Waals surface area contributed by atoms with Crippen LogP contribution >= 0.6 is 0 Å². The van der Waals surface area contributed by atoms with Crippen molar-refractivity contribution in [3.05, 3.63) is 35.4 Å². The number of fused-ring (bicyclic) bond motifs is 5. The van der Waals surface area contributed by atoms with Crippen LogP contribution in [0.2, 0.25) is 0 Å². The lowest BCUT2D eigenvalue weighted by Gasteiger charge is -2.50. The van der Waals surface area contributed by atoms with E-state index in [0.717, 1.165) is 25.7 Å². The van der Waals surface area contributed by atoms with Crippen LogP contribution in [0.3, 0.4) is 0 Å². The van der Waals surface area contributed by atoms with Crippen molar-refractivity contribution in [3.63, 3.8) is 0 Å². The maximum Gasteiger partial charge on any atom is 0.220 e. The Hall–Kier alpha value is -1.64. The average Bonchev–Trinajstić information content (AvgIpc) is 2.89. The van der Waals surface area contributed by atoms with Crippen LogP contribution in [0.5, 0.6) is 0 Å². The summed E-state index contributed by atoms with van der Waals surface area (Å²) in [4.78, 5) is 25.4. The summed E-state index contributed by atoms with van der Waals surface area (Å²) in [5.74, 6) is 2.57. The summed E-state index contributed by atoms with van der Waals surface area (Å²) in [6, 6.07) is 8.93. The van der Waals surface area contributed by atoms with E-state index < -0.39 is 0 Å². The first-order valence-corrected chi connectivity index (χ1v) is 11.1. The first kappa shape index (κ1) is 19.7. The van der Waals surface area contributed by atoms with E-state index in [9.17, 15) is 9.59 Å². The van der Waals surface area contributed by atoms with Gasteiger partial charge in [0.1, 0.15) is 5.78 Å². The quantitative estimate of drug-likeness (QED) is 0.798. The number of benzene rings is 1. The number of amides is 1. The molecule has 3 heteroatoms. The van der Waals surface area contributed by atoms with E-state index in [4.69, 9.17) is 0 Å². The number of nitrogens with one attached hydrogen (secondary N) is 1. The van der Waals surface area contributed by atoms with Crippen LogP contribution in [0.1, 0.15) is 83.3 Å². The van der Waals surface area contributed by atoms with E-state index in [1.165, 1.54) is 17.5 Å². The molecular formula is C25H35NO2. The average molecular weight is 382 g/mol. The molecule has 4 rings (SSSR count). The van der Waals surface area contributed by atoms with E-state index in [2.05, 4.69) is 36.5 Å². The summed E-state index contributed by atoms with van der Waals surface area (Å²) < 4.78 is 0. The number of hydrogen-bond donors (Lipinski definition) is 1. The van der Waals surface area contributed by atoms with Gasteiger partial charge < -0.3 is 5.32 Å². The number of Topliss-reactive ketones (excluding diaryl/α,β-unsaturated/α-hetero) is 1. The fourth-order valence-corrected chi connectivity index (χ4v) is 6.64. The molecule has 28 heavy (non-hydrogen) atoms. The Morgan fingerprint density at radius 2 is 1.96 bits per heavy atom. The van der Waals surface area contributed by atoms with Crippen LogP contribution in [-0.2, 0) is 16.0 Å². The Kier molecular flexibility index (Phi) is 4.92. The minimum absolute atomic E-state index is 0.120. The summed E-state index contributed by atoms with van der Waals surface area (Å²) in [5.41, 5.74) is 2.68. The Morgan fingerprint density at radius 1 is 1.21 bits per heavy atom. The van der Waals surface area contributed by atoms with Crippen molar-refractivity contribution in [2.24, 2.45) is 23.2 Å². The van der Waals surface area contributed by atoms with E-state index in [1.807, 2.05) is 20.8 Å². The minimum atomic E-state index is -0.194. The highest BCUT2D eigenvalue weighted by Gasteiger charge is 2.58. The number of aryl methyl sites for hydroxylation is 1. The van der Waals surface area contributed by atoms with Crippen LogP contribution in [-0.4, -0.2) is 17.2 Å². The first-order valence-electron chi connectivity index (χ1n) is 11.1.